The second-order valence-corrected chi connectivity index (χ2v) is 4.95. The van der Waals surface area contributed by atoms with Crippen LogP contribution in [0.3, 0.4) is 0 Å². The van der Waals surface area contributed by atoms with E-state index in [-0.39, 0.29) is 12.5 Å². The van der Waals surface area contributed by atoms with Crippen LogP contribution in [-0.4, -0.2) is 24.1 Å². The fraction of sp³-hybridized carbons (Fsp3) is 0.412. The maximum atomic E-state index is 11.5. The number of benzene rings is 1. The van der Waals surface area contributed by atoms with E-state index in [0.29, 0.717) is 6.61 Å². The van der Waals surface area contributed by atoms with Gasteiger partial charge in [0, 0.05) is 11.1 Å². The van der Waals surface area contributed by atoms with E-state index in [1.165, 1.54) is 0 Å². The van der Waals surface area contributed by atoms with Gasteiger partial charge < -0.3 is 10.1 Å². The number of hydrogen-bond donors (Lipinski definition) is 1. The number of nitrogens with one attached hydrogen (secondary N) is 1. The molecule has 0 aliphatic carbocycles. The number of pyridine rings is 1. The molecule has 0 bridgehead atoms. The van der Waals surface area contributed by atoms with E-state index >= 15 is 0 Å². The molecule has 0 amide bonds. The third-order valence-electron chi connectivity index (χ3n) is 3.29. The first kappa shape index (κ1) is 15.3. The van der Waals surface area contributed by atoms with E-state index in [4.69, 9.17) is 4.74 Å². The van der Waals surface area contributed by atoms with Crippen molar-refractivity contribution < 1.29 is 9.53 Å². The average Bonchev–Trinajstić information content (AvgIpc) is 2.51. The number of anilines is 1. The molecule has 4 heteroatoms. The number of rotatable bonds is 7. The molecule has 0 aliphatic heterocycles. The van der Waals surface area contributed by atoms with Crippen LogP contribution < -0.4 is 5.32 Å². The Hall–Kier alpha value is -2.10. The lowest BCUT2D eigenvalue weighted by atomic mass is 10.1. The number of ether oxygens (including phenoxy) is 1. The van der Waals surface area contributed by atoms with Crippen molar-refractivity contribution in [2.75, 3.05) is 18.5 Å². The van der Waals surface area contributed by atoms with E-state index in [2.05, 4.69) is 29.4 Å². The third-order valence-corrected chi connectivity index (χ3v) is 3.29. The van der Waals surface area contributed by atoms with Gasteiger partial charge in [-0.15, -0.1) is 0 Å². The highest BCUT2D eigenvalue weighted by Crippen LogP contribution is 2.23. The zero-order chi connectivity index (χ0) is 15.1. The molecule has 1 aromatic heterocycles. The SMILES string of the molecule is CCCCc1cc2ccccc2c(NCC(=O)OCC)n1. The third kappa shape index (κ3) is 4.18. The summed E-state index contributed by atoms with van der Waals surface area (Å²) in [6.07, 6.45) is 3.21. The van der Waals surface area contributed by atoms with Crippen molar-refractivity contribution >= 4 is 22.6 Å². The lowest BCUT2D eigenvalue weighted by Gasteiger charge is -2.11. The fourth-order valence-corrected chi connectivity index (χ4v) is 2.24. The zero-order valence-corrected chi connectivity index (χ0v) is 12.7. The molecule has 2 rings (SSSR count). The molecule has 1 N–H and O–H groups in total. The van der Waals surface area contributed by atoms with Gasteiger partial charge in [-0.25, -0.2) is 4.98 Å². The van der Waals surface area contributed by atoms with Crippen LogP contribution in [0, 0.1) is 0 Å². The molecule has 0 unspecified atom stereocenters. The van der Waals surface area contributed by atoms with Gasteiger partial charge >= 0.3 is 5.97 Å². The smallest absolute Gasteiger partial charge is 0.325 e. The van der Waals surface area contributed by atoms with E-state index < -0.39 is 0 Å². The Morgan fingerprint density at radius 3 is 2.86 bits per heavy atom. The van der Waals surface area contributed by atoms with Gasteiger partial charge in [-0.1, -0.05) is 37.6 Å². The lowest BCUT2D eigenvalue weighted by molar-refractivity contribution is -0.140. The molecule has 0 saturated carbocycles. The molecule has 0 radical (unpaired) electrons. The first-order chi connectivity index (χ1) is 10.2. The van der Waals surface area contributed by atoms with Crippen LogP contribution in [0.1, 0.15) is 32.4 Å². The van der Waals surface area contributed by atoms with Crippen molar-refractivity contribution in [2.45, 2.75) is 33.1 Å². The lowest BCUT2D eigenvalue weighted by Crippen LogP contribution is -2.17. The van der Waals surface area contributed by atoms with Crippen molar-refractivity contribution in [1.82, 2.24) is 4.98 Å². The van der Waals surface area contributed by atoms with E-state index in [1.54, 1.807) is 6.92 Å². The average molecular weight is 286 g/mol. The van der Waals surface area contributed by atoms with Crippen molar-refractivity contribution in [3.8, 4) is 0 Å². The number of carbonyl (C=O) groups excluding carboxylic acids is 1. The Bertz CT molecular complexity index is 611. The molecule has 1 aromatic carbocycles. The molecule has 2 aromatic rings. The van der Waals surface area contributed by atoms with E-state index in [0.717, 1.165) is 41.5 Å². The second-order valence-electron chi connectivity index (χ2n) is 4.95. The molecule has 0 atom stereocenters. The number of hydrogen-bond acceptors (Lipinski definition) is 4. The molecule has 112 valence electrons. The highest BCUT2D eigenvalue weighted by atomic mass is 16.5. The Kier molecular flexibility index (Phi) is 5.55. The predicted octanol–water partition coefficient (Wildman–Crippen LogP) is 3.55. The van der Waals surface area contributed by atoms with Crippen LogP contribution in [0.4, 0.5) is 5.82 Å². The van der Waals surface area contributed by atoms with Crippen LogP contribution in [0.2, 0.25) is 0 Å². The Morgan fingerprint density at radius 2 is 2.10 bits per heavy atom. The largest absolute Gasteiger partial charge is 0.465 e. The first-order valence-corrected chi connectivity index (χ1v) is 7.52. The number of aromatic nitrogens is 1. The topological polar surface area (TPSA) is 51.2 Å². The quantitative estimate of drug-likeness (QED) is 0.791. The molecular weight excluding hydrogens is 264 g/mol. The summed E-state index contributed by atoms with van der Waals surface area (Å²) in [4.78, 5) is 16.1. The van der Waals surface area contributed by atoms with E-state index in [9.17, 15) is 4.79 Å². The van der Waals surface area contributed by atoms with Gasteiger partial charge in [0.2, 0.25) is 0 Å². The Balaban J connectivity index is 2.24. The maximum absolute atomic E-state index is 11.5. The molecule has 0 saturated heterocycles. The van der Waals surface area contributed by atoms with Gasteiger partial charge in [0.1, 0.15) is 12.4 Å². The highest BCUT2D eigenvalue weighted by molar-refractivity contribution is 5.93. The Morgan fingerprint density at radius 1 is 1.29 bits per heavy atom. The van der Waals surface area contributed by atoms with Gasteiger partial charge in [-0.2, -0.15) is 0 Å². The summed E-state index contributed by atoms with van der Waals surface area (Å²) in [6.45, 7) is 4.51. The number of unbranched alkanes of at least 4 members (excludes halogenated alkanes) is 1. The molecule has 4 nitrogen and oxygen atoms in total. The van der Waals surface area contributed by atoms with Crippen LogP contribution in [0.15, 0.2) is 30.3 Å². The molecule has 1 heterocycles. The fourth-order valence-electron chi connectivity index (χ4n) is 2.24. The summed E-state index contributed by atoms with van der Waals surface area (Å²) in [6, 6.07) is 10.2. The van der Waals surface area contributed by atoms with Gasteiger partial charge in [0.25, 0.3) is 0 Å². The minimum absolute atomic E-state index is 0.141. The maximum Gasteiger partial charge on any atom is 0.325 e. The molecule has 0 fully saturated rings. The monoisotopic (exact) mass is 286 g/mol. The first-order valence-electron chi connectivity index (χ1n) is 7.52. The zero-order valence-electron chi connectivity index (χ0n) is 12.7. The van der Waals surface area contributed by atoms with Crippen LogP contribution in [0.25, 0.3) is 10.8 Å². The minimum Gasteiger partial charge on any atom is -0.465 e. The number of nitrogens with zero attached hydrogens (tertiary/aromatic N) is 1. The summed E-state index contributed by atoms with van der Waals surface area (Å²) in [5.41, 5.74) is 1.06. The summed E-state index contributed by atoms with van der Waals surface area (Å²) < 4.78 is 4.94. The van der Waals surface area contributed by atoms with Gasteiger partial charge in [0.05, 0.1) is 6.61 Å². The number of fused-ring (bicyclic) bond motifs is 1. The van der Waals surface area contributed by atoms with Crippen molar-refractivity contribution in [3.05, 3.63) is 36.0 Å². The van der Waals surface area contributed by atoms with Crippen LogP contribution in [0.5, 0.6) is 0 Å². The Labute approximate surface area is 125 Å². The standard InChI is InChI=1S/C17H22N2O2/c1-3-5-9-14-11-13-8-6-7-10-15(13)17(19-14)18-12-16(20)21-4-2/h6-8,10-11H,3-5,9,12H2,1-2H3,(H,18,19). The summed E-state index contributed by atoms with van der Waals surface area (Å²) in [7, 11) is 0. The number of carbonyl (C=O) groups is 1. The van der Waals surface area contributed by atoms with E-state index in [1.807, 2.05) is 18.2 Å². The summed E-state index contributed by atoms with van der Waals surface area (Å²) in [5, 5.41) is 5.28. The normalized spacial score (nSPS) is 10.6. The summed E-state index contributed by atoms with van der Waals surface area (Å²) in [5.74, 6) is 0.495. The van der Waals surface area contributed by atoms with Crippen molar-refractivity contribution in [1.29, 1.82) is 0 Å². The molecule has 0 spiro atoms. The van der Waals surface area contributed by atoms with Gasteiger partial charge in [-0.05, 0) is 31.2 Å². The number of esters is 1. The number of aryl methyl sites for hydroxylation is 1. The summed E-state index contributed by atoms with van der Waals surface area (Å²) >= 11 is 0. The predicted molar refractivity (Wildman–Crippen MR) is 85.5 cm³/mol. The van der Waals surface area contributed by atoms with Gasteiger partial charge in [0.15, 0.2) is 0 Å². The van der Waals surface area contributed by atoms with Crippen LogP contribution >= 0.6 is 0 Å². The highest BCUT2D eigenvalue weighted by Gasteiger charge is 2.08. The van der Waals surface area contributed by atoms with Crippen molar-refractivity contribution in [2.24, 2.45) is 0 Å². The van der Waals surface area contributed by atoms with Crippen molar-refractivity contribution in [3.63, 3.8) is 0 Å². The molecule has 21 heavy (non-hydrogen) atoms. The minimum atomic E-state index is -0.262. The molecule has 0 aliphatic rings. The molecular formula is C17H22N2O2. The second kappa shape index (κ2) is 7.62. The van der Waals surface area contributed by atoms with Gasteiger partial charge in [-0.3, -0.25) is 4.79 Å². The van der Waals surface area contributed by atoms with Crippen LogP contribution in [-0.2, 0) is 16.0 Å².